The summed E-state index contributed by atoms with van der Waals surface area (Å²) in [6.45, 7) is 1.62. The summed E-state index contributed by atoms with van der Waals surface area (Å²) in [7, 11) is -4.19. The summed E-state index contributed by atoms with van der Waals surface area (Å²) in [5.74, 6) is -2.02. The summed E-state index contributed by atoms with van der Waals surface area (Å²) >= 11 is 0. The smallest absolute Gasteiger partial charge is 0.339 e. The minimum Gasteiger partial charge on any atom is -0.444 e. The van der Waals surface area contributed by atoms with Crippen molar-refractivity contribution >= 4 is 27.6 Å². The van der Waals surface area contributed by atoms with E-state index in [1.54, 1.807) is 37.3 Å². The van der Waals surface area contributed by atoms with E-state index in [2.05, 4.69) is 10.0 Å². The number of ether oxygens (including phenoxy) is 1. The van der Waals surface area contributed by atoms with E-state index >= 15 is 0 Å². The number of amides is 1. The third-order valence-corrected chi connectivity index (χ3v) is 6.71. The lowest BCUT2D eigenvalue weighted by atomic mass is 10.1. The number of hydrogen-bond donors (Lipinski definition) is 2. The molecule has 2 N–H and O–H groups in total. The summed E-state index contributed by atoms with van der Waals surface area (Å²) in [4.78, 5) is 25.6. The van der Waals surface area contributed by atoms with Crippen LogP contribution < -0.4 is 10.0 Å². The number of sulfonamides is 1. The first-order chi connectivity index (χ1) is 16.2. The average molecular weight is 483 g/mol. The van der Waals surface area contributed by atoms with Gasteiger partial charge in [0.15, 0.2) is 0 Å². The highest BCUT2D eigenvalue weighted by Gasteiger charge is 2.31. The second kappa shape index (κ2) is 9.64. The number of carbonyl (C=O) groups excluding carboxylic acids is 2. The second-order valence-corrected chi connectivity index (χ2v) is 9.72. The van der Waals surface area contributed by atoms with Crippen molar-refractivity contribution in [1.82, 2.24) is 5.32 Å². The van der Waals surface area contributed by atoms with E-state index in [-0.39, 0.29) is 22.2 Å². The topological polar surface area (TPSA) is 102 Å². The SMILES string of the molecule is Cc1ccc(S(=O)(=O)Nc2ccccc2F)cc1C(=O)O[C@@H](C(=O)NC1CC1)c1ccccc1. The molecule has 1 aliphatic carbocycles. The predicted octanol–water partition coefficient (Wildman–Crippen LogP) is 4.11. The quantitative estimate of drug-likeness (QED) is 0.471. The molecule has 0 spiro atoms. The van der Waals surface area contributed by atoms with Crippen LogP contribution in [0, 0.1) is 12.7 Å². The molecule has 0 radical (unpaired) electrons. The van der Waals surface area contributed by atoms with E-state index in [1.807, 2.05) is 0 Å². The zero-order valence-electron chi connectivity index (χ0n) is 18.3. The number of halogens is 1. The highest BCUT2D eigenvalue weighted by atomic mass is 32.2. The molecule has 0 heterocycles. The fourth-order valence-corrected chi connectivity index (χ4v) is 4.40. The number of esters is 1. The van der Waals surface area contributed by atoms with E-state index < -0.39 is 33.8 Å². The molecule has 9 heteroatoms. The van der Waals surface area contributed by atoms with Crippen LogP contribution >= 0.6 is 0 Å². The summed E-state index contributed by atoms with van der Waals surface area (Å²) < 4.78 is 47.4. The summed E-state index contributed by atoms with van der Waals surface area (Å²) in [6.07, 6.45) is 0.551. The Morgan fingerprint density at radius 3 is 2.35 bits per heavy atom. The molecule has 1 saturated carbocycles. The Hall–Kier alpha value is -3.72. The van der Waals surface area contributed by atoms with Gasteiger partial charge in [-0.2, -0.15) is 0 Å². The molecule has 3 aromatic carbocycles. The molecule has 0 unspecified atom stereocenters. The van der Waals surface area contributed by atoms with E-state index in [1.165, 1.54) is 30.3 Å². The van der Waals surface area contributed by atoms with E-state index in [9.17, 15) is 22.4 Å². The molecule has 1 aliphatic rings. The molecule has 1 amide bonds. The van der Waals surface area contributed by atoms with Gasteiger partial charge in [-0.05, 0) is 49.6 Å². The van der Waals surface area contributed by atoms with Gasteiger partial charge in [-0.3, -0.25) is 9.52 Å². The Balaban J connectivity index is 1.60. The van der Waals surface area contributed by atoms with Crippen molar-refractivity contribution in [3.63, 3.8) is 0 Å². The van der Waals surface area contributed by atoms with Gasteiger partial charge in [-0.1, -0.05) is 48.5 Å². The van der Waals surface area contributed by atoms with Crippen molar-refractivity contribution in [2.45, 2.75) is 36.8 Å². The highest BCUT2D eigenvalue weighted by Crippen LogP contribution is 2.26. The van der Waals surface area contributed by atoms with Gasteiger partial charge in [0.05, 0.1) is 16.1 Å². The number of para-hydroxylation sites is 1. The first-order valence-corrected chi connectivity index (χ1v) is 12.2. The van der Waals surface area contributed by atoms with E-state index in [4.69, 9.17) is 4.74 Å². The number of nitrogens with one attached hydrogen (secondary N) is 2. The highest BCUT2D eigenvalue weighted by molar-refractivity contribution is 7.92. The Bertz CT molecular complexity index is 1320. The first kappa shape index (κ1) is 23.4. The van der Waals surface area contributed by atoms with Gasteiger partial charge in [-0.25, -0.2) is 17.6 Å². The zero-order chi connectivity index (χ0) is 24.3. The number of hydrogen-bond acceptors (Lipinski definition) is 5. The van der Waals surface area contributed by atoms with Crippen LogP contribution in [0.3, 0.4) is 0 Å². The van der Waals surface area contributed by atoms with Crippen LogP contribution in [0.4, 0.5) is 10.1 Å². The fraction of sp³-hybridized carbons (Fsp3) is 0.200. The maximum absolute atomic E-state index is 13.9. The third-order valence-electron chi connectivity index (χ3n) is 5.35. The molecule has 3 aromatic rings. The molecule has 0 bridgehead atoms. The van der Waals surface area contributed by atoms with Gasteiger partial charge in [0.2, 0.25) is 6.10 Å². The molecule has 0 saturated heterocycles. The maximum Gasteiger partial charge on any atom is 0.339 e. The summed E-state index contributed by atoms with van der Waals surface area (Å²) in [5.41, 5.74) is 0.727. The van der Waals surface area contributed by atoms with E-state index in [0.717, 1.165) is 25.0 Å². The Morgan fingerprint density at radius 2 is 1.68 bits per heavy atom. The van der Waals surface area contributed by atoms with Crippen LogP contribution in [0.1, 0.15) is 40.4 Å². The molecule has 0 aliphatic heterocycles. The molecule has 1 fully saturated rings. The van der Waals surface area contributed by atoms with Gasteiger partial charge < -0.3 is 10.1 Å². The number of anilines is 1. The lowest BCUT2D eigenvalue weighted by molar-refractivity contribution is -0.130. The van der Waals surface area contributed by atoms with Crippen LogP contribution in [0.15, 0.2) is 77.7 Å². The zero-order valence-corrected chi connectivity index (χ0v) is 19.1. The maximum atomic E-state index is 13.9. The lowest BCUT2D eigenvalue weighted by Gasteiger charge is -2.19. The molecule has 7 nitrogen and oxygen atoms in total. The van der Waals surface area contributed by atoms with Crippen molar-refractivity contribution in [2.24, 2.45) is 0 Å². The van der Waals surface area contributed by atoms with Gasteiger partial charge >= 0.3 is 5.97 Å². The van der Waals surface area contributed by atoms with Gasteiger partial charge in [0.25, 0.3) is 15.9 Å². The van der Waals surface area contributed by atoms with Crippen molar-refractivity contribution < 1.29 is 27.1 Å². The van der Waals surface area contributed by atoms with Gasteiger partial charge in [0, 0.05) is 11.6 Å². The fourth-order valence-electron chi connectivity index (χ4n) is 3.31. The molecule has 4 rings (SSSR count). The lowest BCUT2D eigenvalue weighted by Crippen LogP contribution is -2.33. The van der Waals surface area contributed by atoms with Crippen LogP contribution in [-0.2, 0) is 19.6 Å². The van der Waals surface area contributed by atoms with Crippen molar-refractivity contribution in [1.29, 1.82) is 0 Å². The molecular formula is C25H23FN2O5S. The minimum absolute atomic E-state index is 0.0171. The molecule has 0 aromatic heterocycles. The number of carbonyl (C=O) groups is 2. The normalized spacial score (nSPS) is 14.2. The standard InChI is InChI=1S/C25H23FN2O5S/c1-16-11-14-19(34(31,32)28-22-10-6-5-9-21(22)26)15-20(16)25(30)33-23(17-7-3-2-4-8-17)24(29)27-18-12-13-18/h2-11,14-15,18,23,28H,12-13H2,1H3,(H,27,29)/t23-/m1/s1. The number of benzene rings is 3. The van der Waals surface area contributed by atoms with Crippen molar-refractivity contribution in [3.05, 3.63) is 95.3 Å². The molecule has 1 atom stereocenters. The van der Waals surface area contributed by atoms with Crippen LogP contribution in [0.5, 0.6) is 0 Å². The Morgan fingerprint density at radius 1 is 1.00 bits per heavy atom. The largest absolute Gasteiger partial charge is 0.444 e. The Labute approximate surface area is 197 Å². The summed E-state index contributed by atoms with van der Waals surface area (Å²) in [5, 5.41) is 2.83. The van der Waals surface area contributed by atoms with Crippen LogP contribution in [-0.4, -0.2) is 26.3 Å². The van der Waals surface area contributed by atoms with Crippen LogP contribution in [0.2, 0.25) is 0 Å². The predicted molar refractivity (Wildman–Crippen MR) is 124 cm³/mol. The van der Waals surface area contributed by atoms with Crippen molar-refractivity contribution in [3.8, 4) is 0 Å². The monoisotopic (exact) mass is 482 g/mol. The molecule has 176 valence electrons. The Kier molecular flexibility index (Phi) is 6.65. The molecule has 34 heavy (non-hydrogen) atoms. The van der Waals surface area contributed by atoms with Crippen LogP contribution in [0.25, 0.3) is 0 Å². The number of rotatable bonds is 8. The van der Waals surface area contributed by atoms with Gasteiger partial charge in [-0.15, -0.1) is 0 Å². The third kappa shape index (κ3) is 5.43. The molecular weight excluding hydrogens is 459 g/mol. The summed E-state index contributed by atoms with van der Waals surface area (Å²) in [6, 6.07) is 17.9. The minimum atomic E-state index is -4.19. The van der Waals surface area contributed by atoms with Gasteiger partial charge in [0.1, 0.15) is 5.82 Å². The van der Waals surface area contributed by atoms with Crippen molar-refractivity contribution in [2.75, 3.05) is 4.72 Å². The van der Waals surface area contributed by atoms with E-state index in [0.29, 0.717) is 11.1 Å². The first-order valence-electron chi connectivity index (χ1n) is 10.7. The average Bonchev–Trinajstić information content (AvgIpc) is 3.63. The number of aryl methyl sites for hydroxylation is 1. The second-order valence-electron chi connectivity index (χ2n) is 8.04.